The molecule has 3 nitrogen and oxygen atoms in total. The fourth-order valence-electron chi connectivity index (χ4n) is 1.59. The number of ketones is 1. The van der Waals surface area contributed by atoms with Gasteiger partial charge in [0.15, 0.2) is 11.5 Å². The summed E-state index contributed by atoms with van der Waals surface area (Å²) in [5, 5.41) is 0. The summed E-state index contributed by atoms with van der Waals surface area (Å²) in [7, 11) is 0. The zero-order chi connectivity index (χ0) is 11.8. The third-order valence-electron chi connectivity index (χ3n) is 2.91. The van der Waals surface area contributed by atoms with Gasteiger partial charge in [-0.25, -0.2) is 4.85 Å². The van der Waals surface area contributed by atoms with Gasteiger partial charge in [-0.1, -0.05) is 18.2 Å². The van der Waals surface area contributed by atoms with Gasteiger partial charge < -0.3 is 4.74 Å². The van der Waals surface area contributed by atoms with E-state index < -0.39 is 5.60 Å². The predicted molar refractivity (Wildman–Crippen MR) is 60.5 cm³/mol. The molecular formula is C13H13NO2. The Hall–Kier alpha value is -1.66. The molecule has 3 heteroatoms. The Kier molecular flexibility index (Phi) is 2.53. The predicted octanol–water partition coefficient (Wildman–Crippen LogP) is 2.45. The third kappa shape index (κ3) is 1.98. The molecule has 16 heavy (non-hydrogen) atoms. The molecule has 0 N–H and O–H groups in total. The molecule has 0 aliphatic carbocycles. The highest BCUT2D eigenvalue weighted by Gasteiger charge is 2.46. The average Bonchev–Trinajstić information content (AvgIpc) is 2.98. The number of aryl methyl sites for hydroxylation is 1. The second-order valence-corrected chi connectivity index (χ2v) is 4.35. The van der Waals surface area contributed by atoms with Crippen LogP contribution in [-0.4, -0.2) is 18.0 Å². The molecule has 1 aromatic carbocycles. The van der Waals surface area contributed by atoms with Crippen molar-refractivity contribution in [2.24, 2.45) is 0 Å². The van der Waals surface area contributed by atoms with E-state index in [4.69, 9.17) is 11.3 Å². The van der Waals surface area contributed by atoms with Crippen molar-refractivity contribution < 1.29 is 9.53 Å². The van der Waals surface area contributed by atoms with Crippen molar-refractivity contribution in [1.29, 1.82) is 0 Å². The fourth-order valence-corrected chi connectivity index (χ4v) is 1.59. The Balaban J connectivity index is 2.14. The quantitative estimate of drug-likeness (QED) is 0.573. The van der Waals surface area contributed by atoms with E-state index in [0.717, 1.165) is 11.1 Å². The maximum absolute atomic E-state index is 11.8. The summed E-state index contributed by atoms with van der Waals surface area (Å²) in [6, 6.07) is 5.50. The summed E-state index contributed by atoms with van der Waals surface area (Å²) < 4.78 is 5.11. The maximum atomic E-state index is 11.8. The van der Waals surface area contributed by atoms with Crippen LogP contribution in [0.1, 0.15) is 18.1 Å². The Morgan fingerprint density at radius 1 is 1.62 bits per heavy atom. The summed E-state index contributed by atoms with van der Waals surface area (Å²) in [5.74, 6) is 0.113. The first-order chi connectivity index (χ1) is 7.55. The monoisotopic (exact) mass is 215 g/mol. The van der Waals surface area contributed by atoms with Gasteiger partial charge in [0.25, 0.3) is 0 Å². The summed E-state index contributed by atoms with van der Waals surface area (Å²) in [4.78, 5) is 15.2. The van der Waals surface area contributed by atoms with Crippen LogP contribution in [0, 0.1) is 13.5 Å². The number of benzene rings is 1. The molecule has 0 bridgehead atoms. The van der Waals surface area contributed by atoms with Crippen molar-refractivity contribution in [3.05, 3.63) is 40.7 Å². The molecule has 1 aromatic rings. The van der Waals surface area contributed by atoms with Gasteiger partial charge >= 0.3 is 0 Å². The van der Waals surface area contributed by atoms with Crippen LogP contribution in [0.4, 0.5) is 5.69 Å². The van der Waals surface area contributed by atoms with Crippen molar-refractivity contribution >= 4 is 11.5 Å². The van der Waals surface area contributed by atoms with E-state index in [0.29, 0.717) is 18.7 Å². The molecule has 1 saturated heterocycles. The number of carbonyl (C=O) groups is 1. The SMILES string of the molecule is [C-]#[N+]c1ccc(CC(=O)C2(C)CO2)cc1C. The molecule has 1 aliphatic rings. The number of Topliss-reactive ketones (excluding diaryl/α,β-unsaturated/α-hetero) is 1. The summed E-state index contributed by atoms with van der Waals surface area (Å²) >= 11 is 0. The van der Waals surface area contributed by atoms with Crippen LogP contribution < -0.4 is 0 Å². The van der Waals surface area contributed by atoms with E-state index in [-0.39, 0.29) is 5.78 Å². The van der Waals surface area contributed by atoms with Crippen LogP contribution in [0.3, 0.4) is 0 Å². The lowest BCUT2D eigenvalue weighted by atomic mass is 9.98. The van der Waals surface area contributed by atoms with Gasteiger partial charge in [0.1, 0.15) is 5.60 Å². The van der Waals surface area contributed by atoms with Gasteiger partial charge in [0.2, 0.25) is 0 Å². The number of carbonyl (C=O) groups excluding carboxylic acids is 1. The fraction of sp³-hybridized carbons (Fsp3) is 0.385. The van der Waals surface area contributed by atoms with E-state index >= 15 is 0 Å². The first-order valence-electron chi connectivity index (χ1n) is 5.19. The summed E-state index contributed by atoms with van der Waals surface area (Å²) in [5.41, 5.74) is 1.96. The Labute approximate surface area is 94.9 Å². The molecule has 1 unspecified atom stereocenters. The largest absolute Gasteiger partial charge is 0.362 e. The van der Waals surface area contributed by atoms with Crippen LogP contribution in [-0.2, 0) is 16.0 Å². The minimum Gasteiger partial charge on any atom is -0.362 e. The van der Waals surface area contributed by atoms with Crippen molar-refractivity contribution in [2.75, 3.05) is 6.61 Å². The average molecular weight is 215 g/mol. The summed E-state index contributed by atoms with van der Waals surface area (Å²) in [6.07, 6.45) is 0.385. The minimum absolute atomic E-state index is 0.113. The van der Waals surface area contributed by atoms with Crippen LogP contribution in [0.5, 0.6) is 0 Å². The standard InChI is InChI=1S/C13H13NO2/c1-9-6-10(4-5-11(9)14-3)7-12(15)13(2)8-16-13/h4-6H,7-8H2,1-2H3. The minimum atomic E-state index is -0.549. The number of nitrogens with zero attached hydrogens (tertiary/aromatic N) is 1. The van der Waals surface area contributed by atoms with Gasteiger partial charge in [-0.3, -0.25) is 4.79 Å². The van der Waals surface area contributed by atoms with Gasteiger partial charge in [-0.2, -0.15) is 0 Å². The van der Waals surface area contributed by atoms with Gasteiger partial charge in [0.05, 0.1) is 13.2 Å². The van der Waals surface area contributed by atoms with Crippen molar-refractivity contribution in [3.8, 4) is 0 Å². The molecule has 1 aliphatic heterocycles. The first-order valence-corrected chi connectivity index (χ1v) is 5.19. The second-order valence-electron chi connectivity index (χ2n) is 4.35. The maximum Gasteiger partial charge on any atom is 0.190 e. The van der Waals surface area contributed by atoms with E-state index in [2.05, 4.69) is 4.85 Å². The van der Waals surface area contributed by atoms with Crippen LogP contribution in [0.2, 0.25) is 0 Å². The number of rotatable bonds is 3. The van der Waals surface area contributed by atoms with Crippen LogP contribution in [0.15, 0.2) is 18.2 Å². The highest BCUT2D eigenvalue weighted by atomic mass is 16.6. The highest BCUT2D eigenvalue weighted by molar-refractivity contribution is 5.91. The van der Waals surface area contributed by atoms with E-state index in [1.54, 1.807) is 6.07 Å². The Morgan fingerprint density at radius 3 is 2.81 bits per heavy atom. The van der Waals surface area contributed by atoms with E-state index in [9.17, 15) is 4.79 Å². The lowest BCUT2D eigenvalue weighted by Crippen LogP contribution is -2.22. The van der Waals surface area contributed by atoms with Gasteiger partial charge in [-0.15, -0.1) is 0 Å². The smallest absolute Gasteiger partial charge is 0.190 e. The lowest BCUT2D eigenvalue weighted by molar-refractivity contribution is -0.122. The zero-order valence-corrected chi connectivity index (χ0v) is 9.41. The molecule has 0 spiro atoms. The summed E-state index contributed by atoms with van der Waals surface area (Å²) in [6.45, 7) is 11.2. The molecule has 0 amide bonds. The second kappa shape index (κ2) is 3.73. The Bertz CT molecular complexity index is 481. The number of epoxide rings is 1. The van der Waals surface area contributed by atoms with E-state index in [1.807, 2.05) is 26.0 Å². The molecule has 0 aromatic heterocycles. The van der Waals surface area contributed by atoms with Crippen molar-refractivity contribution in [3.63, 3.8) is 0 Å². The molecule has 0 saturated carbocycles. The van der Waals surface area contributed by atoms with Crippen molar-refractivity contribution in [1.82, 2.24) is 0 Å². The molecule has 1 atom stereocenters. The number of ether oxygens (including phenoxy) is 1. The van der Waals surface area contributed by atoms with E-state index in [1.165, 1.54) is 0 Å². The van der Waals surface area contributed by atoms with Crippen LogP contribution >= 0.6 is 0 Å². The molecule has 0 radical (unpaired) electrons. The van der Waals surface area contributed by atoms with Crippen LogP contribution in [0.25, 0.3) is 4.85 Å². The molecule has 2 rings (SSSR count). The molecular weight excluding hydrogens is 202 g/mol. The topological polar surface area (TPSA) is 34.0 Å². The highest BCUT2D eigenvalue weighted by Crippen LogP contribution is 2.29. The molecule has 1 fully saturated rings. The number of hydrogen-bond acceptors (Lipinski definition) is 2. The normalized spacial score (nSPS) is 22.6. The number of hydrogen-bond donors (Lipinski definition) is 0. The first kappa shape index (κ1) is 10.8. The lowest BCUT2D eigenvalue weighted by Gasteiger charge is -2.06. The molecule has 82 valence electrons. The zero-order valence-electron chi connectivity index (χ0n) is 9.41. The van der Waals surface area contributed by atoms with Gasteiger partial charge in [0, 0.05) is 6.42 Å². The molecule has 1 heterocycles. The van der Waals surface area contributed by atoms with Gasteiger partial charge in [-0.05, 0) is 25.0 Å². The third-order valence-corrected chi connectivity index (χ3v) is 2.91. The Morgan fingerprint density at radius 2 is 2.31 bits per heavy atom. The van der Waals surface area contributed by atoms with Crippen molar-refractivity contribution in [2.45, 2.75) is 25.9 Å².